The number of hydrogen-bond acceptors (Lipinski definition) is 6. The number of carbonyl (C=O) groups is 1. The number of likely N-dealkylation sites (N-methyl/N-ethyl adjacent to an activating group) is 1. The number of carbonyl (C=O) groups excluding carboxylic acids is 1. The fourth-order valence-corrected chi connectivity index (χ4v) is 5.99. The van der Waals surface area contributed by atoms with E-state index in [1.165, 1.54) is 28.7 Å². The van der Waals surface area contributed by atoms with Crippen molar-refractivity contribution in [1.82, 2.24) is 19.8 Å². The molecule has 7 heteroatoms. The van der Waals surface area contributed by atoms with Crippen molar-refractivity contribution in [1.29, 1.82) is 0 Å². The van der Waals surface area contributed by atoms with E-state index in [1.54, 1.807) is 0 Å². The number of anilines is 1. The summed E-state index contributed by atoms with van der Waals surface area (Å²) in [5, 5.41) is 1.25. The third-order valence-corrected chi connectivity index (χ3v) is 7.61. The van der Waals surface area contributed by atoms with Crippen LogP contribution in [-0.2, 0) is 17.6 Å². The molecule has 0 bridgehead atoms. The van der Waals surface area contributed by atoms with Crippen molar-refractivity contribution in [3.8, 4) is 0 Å². The highest BCUT2D eigenvalue weighted by Crippen LogP contribution is 2.40. The van der Waals surface area contributed by atoms with Crippen LogP contribution in [-0.4, -0.2) is 72.5 Å². The largest absolute Gasteiger partial charge is 0.352 e. The van der Waals surface area contributed by atoms with Gasteiger partial charge in [0.2, 0.25) is 5.91 Å². The maximum absolute atomic E-state index is 12.5. The van der Waals surface area contributed by atoms with E-state index in [0.29, 0.717) is 6.54 Å². The number of nitrogens with zero attached hydrogens (tertiary/aromatic N) is 5. The molecule has 5 rings (SSSR count). The first-order valence-electron chi connectivity index (χ1n) is 11.8. The lowest BCUT2D eigenvalue weighted by Crippen LogP contribution is -2.51. The molecule has 3 heterocycles. The summed E-state index contributed by atoms with van der Waals surface area (Å²) in [6.45, 7) is 3.54. The van der Waals surface area contributed by atoms with Gasteiger partial charge >= 0.3 is 0 Å². The monoisotopic (exact) mass is 461 g/mol. The second-order valence-electron chi connectivity index (χ2n) is 9.15. The van der Waals surface area contributed by atoms with Gasteiger partial charge in [-0.3, -0.25) is 4.79 Å². The van der Waals surface area contributed by atoms with Gasteiger partial charge in [0.1, 0.15) is 10.6 Å². The molecule has 1 amide bonds. The zero-order valence-corrected chi connectivity index (χ0v) is 20.3. The van der Waals surface area contributed by atoms with E-state index >= 15 is 0 Å². The van der Waals surface area contributed by atoms with Crippen LogP contribution in [0.4, 0.5) is 5.82 Å². The SMILES string of the molecule is CN(C)CC(=O)N1CCN(c2nc(/C=C/c3ccccc3)nc3sc4c(c23)CCCC4)CC1. The number of rotatable bonds is 5. The number of aryl methyl sites for hydroxylation is 2. The molecule has 3 aromatic rings. The molecule has 1 aliphatic carbocycles. The quantitative estimate of drug-likeness (QED) is 0.576. The van der Waals surface area contributed by atoms with Crippen LogP contribution >= 0.6 is 11.3 Å². The smallest absolute Gasteiger partial charge is 0.236 e. The van der Waals surface area contributed by atoms with Gasteiger partial charge < -0.3 is 14.7 Å². The molecule has 0 saturated carbocycles. The summed E-state index contributed by atoms with van der Waals surface area (Å²) in [6, 6.07) is 10.3. The molecule has 172 valence electrons. The topological polar surface area (TPSA) is 52.6 Å². The first-order valence-corrected chi connectivity index (χ1v) is 12.6. The van der Waals surface area contributed by atoms with Crippen molar-refractivity contribution in [3.63, 3.8) is 0 Å². The van der Waals surface area contributed by atoms with E-state index in [0.717, 1.165) is 61.1 Å². The van der Waals surface area contributed by atoms with Crippen LogP contribution in [0.15, 0.2) is 30.3 Å². The number of piperazine rings is 1. The minimum Gasteiger partial charge on any atom is -0.352 e. The summed E-state index contributed by atoms with van der Waals surface area (Å²) in [5.41, 5.74) is 2.60. The van der Waals surface area contributed by atoms with Gasteiger partial charge in [-0.15, -0.1) is 11.3 Å². The maximum atomic E-state index is 12.5. The summed E-state index contributed by atoms with van der Waals surface area (Å²) < 4.78 is 0. The predicted octanol–water partition coefficient (Wildman–Crippen LogP) is 3.95. The molecule has 1 aromatic carbocycles. The lowest BCUT2D eigenvalue weighted by molar-refractivity contribution is -0.132. The van der Waals surface area contributed by atoms with E-state index in [2.05, 4.69) is 23.1 Å². The molecule has 0 radical (unpaired) electrons. The Balaban J connectivity index is 1.47. The van der Waals surface area contributed by atoms with Crippen molar-refractivity contribution in [2.45, 2.75) is 25.7 Å². The maximum Gasteiger partial charge on any atom is 0.236 e. The minimum absolute atomic E-state index is 0.201. The Bertz CT molecular complexity index is 1160. The van der Waals surface area contributed by atoms with Gasteiger partial charge in [0.05, 0.1) is 11.9 Å². The zero-order chi connectivity index (χ0) is 22.8. The van der Waals surface area contributed by atoms with Crippen molar-refractivity contribution in [3.05, 3.63) is 52.2 Å². The molecule has 0 N–H and O–H groups in total. The van der Waals surface area contributed by atoms with E-state index in [9.17, 15) is 4.79 Å². The highest BCUT2D eigenvalue weighted by Gasteiger charge is 2.27. The molecule has 2 aliphatic rings. The number of thiophene rings is 1. The highest BCUT2D eigenvalue weighted by molar-refractivity contribution is 7.19. The number of amides is 1. The fourth-order valence-electron chi connectivity index (χ4n) is 4.73. The molecule has 1 fully saturated rings. The average molecular weight is 462 g/mol. The van der Waals surface area contributed by atoms with Crippen LogP contribution in [0.2, 0.25) is 0 Å². The van der Waals surface area contributed by atoms with Crippen LogP contribution in [0.3, 0.4) is 0 Å². The number of benzene rings is 1. The Morgan fingerprint density at radius 1 is 1.03 bits per heavy atom. The van der Waals surface area contributed by atoms with Gasteiger partial charge in [0, 0.05) is 31.1 Å². The van der Waals surface area contributed by atoms with Crippen molar-refractivity contribution < 1.29 is 4.79 Å². The lowest BCUT2D eigenvalue weighted by Gasteiger charge is -2.36. The third-order valence-electron chi connectivity index (χ3n) is 6.42. The van der Waals surface area contributed by atoms with Crippen molar-refractivity contribution in [2.75, 3.05) is 51.7 Å². The molecule has 0 atom stereocenters. The van der Waals surface area contributed by atoms with Gasteiger partial charge in [0.15, 0.2) is 5.82 Å². The predicted molar refractivity (Wildman–Crippen MR) is 137 cm³/mol. The summed E-state index contributed by atoms with van der Waals surface area (Å²) in [6.07, 6.45) is 8.87. The van der Waals surface area contributed by atoms with E-state index in [4.69, 9.17) is 9.97 Å². The Labute approximate surface area is 199 Å². The summed E-state index contributed by atoms with van der Waals surface area (Å²) in [5.74, 6) is 2.00. The number of aromatic nitrogens is 2. The van der Waals surface area contributed by atoms with Gasteiger partial charge in [-0.05, 0) is 57.0 Å². The van der Waals surface area contributed by atoms with Crippen molar-refractivity contribution in [2.24, 2.45) is 0 Å². The average Bonchev–Trinajstić information content (AvgIpc) is 3.21. The molecular formula is C26H31N5OS. The molecule has 33 heavy (non-hydrogen) atoms. The van der Waals surface area contributed by atoms with Crippen LogP contribution in [0.5, 0.6) is 0 Å². The van der Waals surface area contributed by atoms with Gasteiger partial charge in [-0.1, -0.05) is 36.4 Å². The molecule has 0 unspecified atom stereocenters. The highest BCUT2D eigenvalue weighted by atomic mass is 32.1. The van der Waals surface area contributed by atoms with Crippen LogP contribution in [0.25, 0.3) is 22.4 Å². The van der Waals surface area contributed by atoms with Crippen LogP contribution < -0.4 is 4.90 Å². The first-order chi connectivity index (χ1) is 16.1. The van der Waals surface area contributed by atoms with E-state index in [1.807, 2.05) is 59.5 Å². The number of fused-ring (bicyclic) bond motifs is 3. The van der Waals surface area contributed by atoms with Crippen molar-refractivity contribution >= 4 is 45.4 Å². The Morgan fingerprint density at radius 2 is 1.79 bits per heavy atom. The summed E-state index contributed by atoms with van der Waals surface area (Å²) in [7, 11) is 3.88. The van der Waals surface area contributed by atoms with Gasteiger partial charge in [-0.25, -0.2) is 9.97 Å². The first kappa shape index (κ1) is 22.0. The van der Waals surface area contributed by atoms with Gasteiger partial charge in [0.25, 0.3) is 0 Å². The molecule has 6 nitrogen and oxygen atoms in total. The van der Waals surface area contributed by atoms with Crippen LogP contribution in [0, 0.1) is 0 Å². The summed E-state index contributed by atoms with van der Waals surface area (Å²) >= 11 is 1.84. The Kier molecular flexibility index (Phi) is 6.42. The van der Waals surface area contributed by atoms with E-state index in [-0.39, 0.29) is 5.91 Å². The molecule has 0 spiro atoms. The third kappa shape index (κ3) is 4.80. The summed E-state index contributed by atoms with van der Waals surface area (Å²) in [4.78, 5) is 31.4. The Hall–Kier alpha value is -2.77. The second-order valence-corrected chi connectivity index (χ2v) is 10.2. The second kappa shape index (κ2) is 9.61. The minimum atomic E-state index is 0.201. The van der Waals surface area contributed by atoms with Gasteiger partial charge in [-0.2, -0.15) is 0 Å². The molecule has 1 aliphatic heterocycles. The van der Waals surface area contributed by atoms with Crippen LogP contribution in [0.1, 0.15) is 34.7 Å². The zero-order valence-electron chi connectivity index (χ0n) is 19.5. The standard InChI is InChI=1S/C26H31N5OS/c1-29(2)18-23(32)30-14-16-31(17-15-30)25-24-20-10-6-7-11-21(20)33-26(24)28-22(27-25)13-12-19-8-4-3-5-9-19/h3-5,8-9,12-13H,6-7,10-11,14-18H2,1-2H3/b13-12+. The Morgan fingerprint density at radius 3 is 2.55 bits per heavy atom. The fraction of sp³-hybridized carbons (Fsp3) is 0.423. The number of hydrogen-bond donors (Lipinski definition) is 0. The normalized spacial score (nSPS) is 16.7. The lowest BCUT2D eigenvalue weighted by atomic mass is 9.97. The molecule has 1 saturated heterocycles. The van der Waals surface area contributed by atoms with E-state index < -0.39 is 0 Å². The molecule has 2 aromatic heterocycles. The molecular weight excluding hydrogens is 430 g/mol.